The van der Waals surface area contributed by atoms with E-state index >= 15 is 0 Å². The smallest absolute Gasteiger partial charge is 0.226 e. The molecule has 0 spiro atoms. The Kier molecular flexibility index (Phi) is 5.10. The van der Waals surface area contributed by atoms with E-state index in [2.05, 4.69) is 26.1 Å². The molecule has 0 aliphatic heterocycles. The van der Waals surface area contributed by atoms with Crippen molar-refractivity contribution in [3.63, 3.8) is 0 Å². The summed E-state index contributed by atoms with van der Waals surface area (Å²) in [5, 5.41) is 4.04. The van der Waals surface area contributed by atoms with Gasteiger partial charge in [-0.3, -0.25) is 0 Å². The Balaban J connectivity index is 2.04. The number of hydrogen-bond acceptors (Lipinski definition) is 4. The SMILES string of the molecule is Cc1ccc(-c2noc(CCCCCN)n2)c(Br)c1. The van der Waals surface area contributed by atoms with Crippen LogP contribution in [0.15, 0.2) is 27.2 Å². The Labute approximate surface area is 121 Å². The third-order valence-corrected chi connectivity index (χ3v) is 3.58. The molecule has 0 unspecified atom stereocenters. The topological polar surface area (TPSA) is 64.9 Å². The lowest BCUT2D eigenvalue weighted by Crippen LogP contribution is -1.98. The van der Waals surface area contributed by atoms with Crippen molar-refractivity contribution in [1.29, 1.82) is 0 Å². The van der Waals surface area contributed by atoms with E-state index in [1.54, 1.807) is 0 Å². The first-order valence-corrected chi connectivity index (χ1v) is 7.29. The molecule has 0 fully saturated rings. The number of unbranched alkanes of at least 4 members (excludes halogenated alkanes) is 2. The van der Waals surface area contributed by atoms with Gasteiger partial charge < -0.3 is 10.3 Å². The van der Waals surface area contributed by atoms with E-state index in [1.807, 2.05) is 25.1 Å². The van der Waals surface area contributed by atoms with Crippen LogP contribution in [0, 0.1) is 6.92 Å². The van der Waals surface area contributed by atoms with Crippen molar-refractivity contribution < 1.29 is 4.52 Å². The summed E-state index contributed by atoms with van der Waals surface area (Å²) >= 11 is 3.53. The zero-order chi connectivity index (χ0) is 13.7. The average Bonchev–Trinajstić information content (AvgIpc) is 2.83. The lowest BCUT2D eigenvalue weighted by atomic mass is 10.1. The summed E-state index contributed by atoms with van der Waals surface area (Å²) in [6.45, 7) is 2.79. The normalized spacial score (nSPS) is 10.9. The van der Waals surface area contributed by atoms with E-state index in [-0.39, 0.29) is 0 Å². The number of aryl methyl sites for hydroxylation is 2. The van der Waals surface area contributed by atoms with Crippen molar-refractivity contribution in [2.24, 2.45) is 5.73 Å². The number of hydrogen-bond donors (Lipinski definition) is 1. The fourth-order valence-corrected chi connectivity index (χ4v) is 2.54. The molecular formula is C14H18BrN3O. The molecule has 1 aromatic carbocycles. The highest BCUT2D eigenvalue weighted by Gasteiger charge is 2.11. The van der Waals surface area contributed by atoms with Crippen molar-refractivity contribution in [3.8, 4) is 11.4 Å². The van der Waals surface area contributed by atoms with Gasteiger partial charge >= 0.3 is 0 Å². The summed E-state index contributed by atoms with van der Waals surface area (Å²) in [4.78, 5) is 4.43. The first-order valence-electron chi connectivity index (χ1n) is 6.50. The van der Waals surface area contributed by atoms with Crippen LogP contribution in [0.25, 0.3) is 11.4 Å². The van der Waals surface area contributed by atoms with Gasteiger partial charge in [0.1, 0.15) is 0 Å². The quantitative estimate of drug-likeness (QED) is 0.826. The van der Waals surface area contributed by atoms with Crippen molar-refractivity contribution in [2.75, 3.05) is 6.54 Å². The van der Waals surface area contributed by atoms with Crippen LogP contribution in [0.4, 0.5) is 0 Å². The van der Waals surface area contributed by atoms with Gasteiger partial charge in [0.2, 0.25) is 11.7 Å². The molecule has 0 saturated carbocycles. The molecule has 5 heteroatoms. The van der Waals surface area contributed by atoms with E-state index < -0.39 is 0 Å². The highest BCUT2D eigenvalue weighted by molar-refractivity contribution is 9.10. The Bertz CT molecular complexity index is 539. The van der Waals surface area contributed by atoms with E-state index in [9.17, 15) is 0 Å². The van der Waals surface area contributed by atoms with Crippen LogP contribution in [0.1, 0.15) is 30.7 Å². The molecule has 4 nitrogen and oxygen atoms in total. The summed E-state index contributed by atoms with van der Waals surface area (Å²) in [6, 6.07) is 6.09. The largest absolute Gasteiger partial charge is 0.339 e. The molecule has 0 aliphatic carbocycles. The predicted octanol–water partition coefficient (Wildman–Crippen LogP) is 3.48. The maximum atomic E-state index is 5.46. The van der Waals surface area contributed by atoms with Gasteiger partial charge in [0.05, 0.1) is 0 Å². The molecule has 1 aromatic heterocycles. The van der Waals surface area contributed by atoms with Crippen LogP contribution >= 0.6 is 15.9 Å². The number of rotatable bonds is 6. The first-order chi connectivity index (χ1) is 9.20. The molecule has 2 aromatic rings. The van der Waals surface area contributed by atoms with Crippen molar-refractivity contribution in [3.05, 3.63) is 34.1 Å². The highest BCUT2D eigenvalue weighted by Crippen LogP contribution is 2.27. The fourth-order valence-electron chi connectivity index (χ4n) is 1.86. The zero-order valence-corrected chi connectivity index (χ0v) is 12.6. The molecule has 0 aliphatic rings. The second kappa shape index (κ2) is 6.82. The second-order valence-electron chi connectivity index (χ2n) is 4.59. The molecule has 2 rings (SSSR count). The van der Waals surface area contributed by atoms with Crippen LogP contribution in [-0.2, 0) is 6.42 Å². The predicted molar refractivity (Wildman–Crippen MR) is 78.8 cm³/mol. The van der Waals surface area contributed by atoms with E-state index in [0.717, 1.165) is 42.3 Å². The number of benzene rings is 1. The van der Waals surface area contributed by atoms with Gasteiger partial charge in [-0.05, 0) is 44.0 Å². The Morgan fingerprint density at radius 3 is 2.84 bits per heavy atom. The maximum Gasteiger partial charge on any atom is 0.226 e. The minimum Gasteiger partial charge on any atom is -0.339 e. The zero-order valence-electron chi connectivity index (χ0n) is 11.0. The van der Waals surface area contributed by atoms with Gasteiger partial charge in [0, 0.05) is 16.5 Å². The van der Waals surface area contributed by atoms with Crippen molar-refractivity contribution in [2.45, 2.75) is 32.6 Å². The molecule has 2 N–H and O–H groups in total. The maximum absolute atomic E-state index is 5.46. The van der Waals surface area contributed by atoms with Gasteiger partial charge in [-0.2, -0.15) is 4.98 Å². The summed E-state index contributed by atoms with van der Waals surface area (Å²) in [5.41, 5.74) is 7.62. The van der Waals surface area contributed by atoms with Gasteiger partial charge in [0.25, 0.3) is 0 Å². The number of nitrogens with zero attached hydrogens (tertiary/aromatic N) is 2. The van der Waals surface area contributed by atoms with Gasteiger partial charge in [-0.25, -0.2) is 0 Å². The molecule has 19 heavy (non-hydrogen) atoms. The molecular weight excluding hydrogens is 306 g/mol. The summed E-state index contributed by atoms with van der Waals surface area (Å²) < 4.78 is 6.26. The minimum absolute atomic E-state index is 0.640. The van der Waals surface area contributed by atoms with Crippen molar-refractivity contribution in [1.82, 2.24) is 10.1 Å². The Morgan fingerprint density at radius 2 is 2.11 bits per heavy atom. The lowest BCUT2D eigenvalue weighted by molar-refractivity contribution is 0.374. The molecule has 0 amide bonds. The third-order valence-electron chi connectivity index (χ3n) is 2.93. The Morgan fingerprint density at radius 1 is 1.26 bits per heavy atom. The number of halogens is 1. The third kappa shape index (κ3) is 3.88. The monoisotopic (exact) mass is 323 g/mol. The molecule has 0 radical (unpaired) electrons. The van der Waals surface area contributed by atoms with E-state index in [0.29, 0.717) is 11.7 Å². The van der Waals surface area contributed by atoms with Crippen LogP contribution in [0.3, 0.4) is 0 Å². The summed E-state index contributed by atoms with van der Waals surface area (Å²) in [6.07, 6.45) is 4.00. The molecule has 1 heterocycles. The minimum atomic E-state index is 0.640. The molecule has 102 valence electrons. The Hall–Kier alpha value is -1.20. The fraction of sp³-hybridized carbons (Fsp3) is 0.429. The summed E-state index contributed by atoms with van der Waals surface area (Å²) in [7, 11) is 0. The molecule has 0 atom stereocenters. The van der Waals surface area contributed by atoms with Crippen LogP contribution in [0.5, 0.6) is 0 Å². The van der Waals surface area contributed by atoms with Gasteiger partial charge in [0.15, 0.2) is 0 Å². The van der Waals surface area contributed by atoms with Gasteiger partial charge in [-0.15, -0.1) is 0 Å². The van der Waals surface area contributed by atoms with Crippen LogP contribution < -0.4 is 5.73 Å². The standard InChI is InChI=1S/C14H18BrN3O/c1-10-6-7-11(12(15)9-10)14-17-13(19-18-14)5-3-2-4-8-16/h6-7,9H,2-5,8,16H2,1H3. The lowest BCUT2D eigenvalue weighted by Gasteiger charge is -1.99. The number of nitrogens with two attached hydrogens (primary N) is 1. The van der Waals surface area contributed by atoms with Crippen LogP contribution in [0.2, 0.25) is 0 Å². The van der Waals surface area contributed by atoms with Crippen molar-refractivity contribution >= 4 is 15.9 Å². The van der Waals surface area contributed by atoms with Gasteiger partial charge in [-0.1, -0.05) is 33.6 Å². The first kappa shape index (κ1) is 14.2. The summed E-state index contributed by atoms with van der Waals surface area (Å²) in [5.74, 6) is 1.33. The highest BCUT2D eigenvalue weighted by atomic mass is 79.9. The second-order valence-corrected chi connectivity index (χ2v) is 5.45. The molecule has 0 saturated heterocycles. The van der Waals surface area contributed by atoms with E-state index in [4.69, 9.17) is 10.3 Å². The van der Waals surface area contributed by atoms with E-state index in [1.165, 1.54) is 5.56 Å². The average molecular weight is 324 g/mol. The van der Waals surface area contributed by atoms with Crippen LogP contribution in [-0.4, -0.2) is 16.7 Å². The molecule has 0 bridgehead atoms. The number of aromatic nitrogens is 2.